The number of ether oxygens (including phenoxy) is 2. The van der Waals surface area contributed by atoms with E-state index in [1.165, 1.54) is 14.2 Å². The highest BCUT2D eigenvalue weighted by Crippen LogP contribution is 2.42. The van der Waals surface area contributed by atoms with E-state index in [4.69, 9.17) is 13.9 Å². The van der Waals surface area contributed by atoms with Gasteiger partial charge >= 0.3 is 17.9 Å². The number of methoxy groups -OCH3 is 2. The molecule has 0 aromatic heterocycles. The van der Waals surface area contributed by atoms with Gasteiger partial charge in [-0.3, -0.25) is 9.59 Å². The van der Waals surface area contributed by atoms with Crippen LogP contribution in [0, 0.1) is 11.8 Å². The molecule has 2 aromatic rings. The van der Waals surface area contributed by atoms with E-state index in [2.05, 4.69) is 9.48 Å². The number of hydrogen-bond donors (Lipinski definition) is 1. The molecule has 0 spiro atoms. The fourth-order valence-electron chi connectivity index (χ4n) is 5.45. The summed E-state index contributed by atoms with van der Waals surface area (Å²) in [6.07, 6.45) is 0. The third kappa shape index (κ3) is 4.20. The summed E-state index contributed by atoms with van der Waals surface area (Å²) in [5.74, 6) is -1.17. The van der Waals surface area contributed by atoms with E-state index >= 15 is 0 Å². The summed E-state index contributed by atoms with van der Waals surface area (Å²) >= 11 is 0. The molecule has 0 atom stereocenters. The van der Waals surface area contributed by atoms with Gasteiger partial charge in [-0.25, -0.2) is 9.37 Å². The van der Waals surface area contributed by atoms with Gasteiger partial charge in [0.1, 0.15) is 11.3 Å². The normalized spacial score (nSPS) is 17.0. The number of benzene rings is 3. The van der Waals surface area contributed by atoms with E-state index in [-0.39, 0.29) is 29.3 Å². The van der Waals surface area contributed by atoms with Crippen molar-refractivity contribution in [1.29, 1.82) is 0 Å². The van der Waals surface area contributed by atoms with Gasteiger partial charge in [0.15, 0.2) is 19.0 Å². The second kappa shape index (κ2) is 9.58. The molecule has 2 aromatic carbocycles. The molecule has 0 bridgehead atoms. The molecular formula is C30H27N2O7+. The van der Waals surface area contributed by atoms with Crippen LogP contribution >= 0.6 is 0 Å². The first-order valence-electron chi connectivity index (χ1n) is 12.7. The highest BCUT2D eigenvalue weighted by molar-refractivity contribution is 6.07. The summed E-state index contributed by atoms with van der Waals surface area (Å²) in [7, 11) is 2.79. The minimum Gasteiger partial charge on any atom is -0.478 e. The summed E-state index contributed by atoms with van der Waals surface area (Å²) in [6, 6.07) is 18.6. The first-order valence-corrected chi connectivity index (χ1v) is 12.7. The average Bonchev–Trinajstić information content (AvgIpc) is 2.89. The van der Waals surface area contributed by atoms with Crippen LogP contribution in [0.25, 0.3) is 33.4 Å². The highest BCUT2D eigenvalue weighted by atomic mass is 16.5. The van der Waals surface area contributed by atoms with E-state index in [0.717, 1.165) is 27.6 Å². The predicted molar refractivity (Wildman–Crippen MR) is 143 cm³/mol. The Morgan fingerprint density at radius 3 is 2.33 bits per heavy atom. The lowest BCUT2D eigenvalue weighted by atomic mass is 9.90. The Bertz CT molecular complexity index is 1670. The minimum absolute atomic E-state index is 0.162. The zero-order chi connectivity index (χ0) is 27.3. The van der Waals surface area contributed by atoms with Crippen LogP contribution in [0.3, 0.4) is 0 Å². The molecule has 0 saturated carbocycles. The Balaban J connectivity index is 1.51. The number of carbonyl (C=O) groups is 3. The largest absolute Gasteiger partial charge is 0.478 e. The fraction of sp³-hybridized carbons (Fsp3) is 0.267. The molecule has 39 heavy (non-hydrogen) atoms. The topological polar surface area (TPSA) is 109 Å². The van der Waals surface area contributed by atoms with Crippen molar-refractivity contribution in [2.75, 3.05) is 45.3 Å². The molecule has 1 N–H and O–H groups in total. The van der Waals surface area contributed by atoms with Crippen molar-refractivity contribution in [2.45, 2.75) is 0 Å². The van der Waals surface area contributed by atoms with Crippen LogP contribution in [-0.4, -0.2) is 63.4 Å². The van der Waals surface area contributed by atoms with E-state index in [0.29, 0.717) is 43.1 Å². The van der Waals surface area contributed by atoms with Gasteiger partial charge in [0.2, 0.25) is 5.36 Å². The molecule has 9 heteroatoms. The van der Waals surface area contributed by atoms with Crippen molar-refractivity contribution in [2.24, 2.45) is 11.8 Å². The van der Waals surface area contributed by atoms with Gasteiger partial charge in [-0.05, 0) is 29.8 Å². The van der Waals surface area contributed by atoms with Crippen LogP contribution in [0.5, 0.6) is 0 Å². The summed E-state index contributed by atoms with van der Waals surface area (Å²) in [5, 5.41) is 11.6. The molecule has 2 fully saturated rings. The van der Waals surface area contributed by atoms with Crippen LogP contribution in [0.4, 0.5) is 5.69 Å². The summed E-state index contributed by atoms with van der Waals surface area (Å²) in [6.45, 7) is 2.23. The lowest BCUT2D eigenvalue weighted by Gasteiger charge is -2.39. The first-order chi connectivity index (χ1) is 18.9. The number of hydrogen-bond acceptors (Lipinski definition) is 7. The van der Waals surface area contributed by atoms with Crippen molar-refractivity contribution >= 4 is 34.6 Å². The molecule has 3 heterocycles. The number of nitrogens with zero attached hydrogens (tertiary/aromatic N) is 2. The van der Waals surface area contributed by atoms with Crippen molar-refractivity contribution < 1.29 is 33.4 Å². The molecule has 198 valence electrons. The van der Waals surface area contributed by atoms with Gasteiger partial charge in [-0.1, -0.05) is 18.2 Å². The van der Waals surface area contributed by atoms with Crippen LogP contribution in [0.2, 0.25) is 0 Å². The highest BCUT2D eigenvalue weighted by Gasteiger charge is 2.39. The Morgan fingerprint density at radius 2 is 1.62 bits per heavy atom. The maximum Gasteiger partial charge on any atom is 0.336 e. The van der Waals surface area contributed by atoms with E-state index < -0.39 is 5.97 Å². The Hall–Kier alpha value is -4.66. The third-order valence-electron chi connectivity index (χ3n) is 7.68. The molecule has 2 saturated heterocycles. The SMILES string of the molecule is COC(=O)C1CN(c2ccc3c(-c4ccccc4C(=O)O)c4ccc(=[N+]5CC(C(=O)OC)C5)cc-4oc3c2)C1. The number of aromatic carboxylic acids is 1. The van der Waals surface area contributed by atoms with Crippen molar-refractivity contribution in [3.8, 4) is 22.5 Å². The van der Waals surface area contributed by atoms with Gasteiger partial charge in [-0.2, -0.15) is 0 Å². The van der Waals surface area contributed by atoms with Crippen LogP contribution < -0.4 is 14.8 Å². The monoisotopic (exact) mass is 527 g/mol. The number of carboxylic acids is 1. The van der Waals surface area contributed by atoms with Gasteiger partial charge in [0.05, 0.1) is 31.8 Å². The van der Waals surface area contributed by atoms with Gasteiger partial charge < -0.3 is 23.9 Å². The number of anilines is 1. The molecule has 0 radical (unpaired) electrons. The maximum absolute atomic E-state index is 12.2. The predicted octanol–water partition coefficient (Wildman–Crippen LogP) is 3.09. The van der Waals surface area contributed by atoms with Crippen molar-refractivity contribution in [1.82, 2.24) is 4.58 Å². The Labute approximate surface area is 223 Å². The van der Waals surface area contributed by atoms with E-state index in [9.17, 15) is 19.5 Å². The fourth-order valence-corrected chi connectivity index (χ4v) is 5.45. The first kappa shape index (κ1) is 24.7. The second-order valence-corrected chi connectivity index (χ2v) is 9.94. The number of esters is 2. The molecule has 6 rings (SSSR count). The van der Waals surface area contributed by atoms with Crippen molar-refractivity contribution in [3.05, 3.63) is 71.6 Å². The van der Waals surface area contributed by atoms with Crippen LogP contribution in [0.15, 0.2) is 65.1 Å². The number of rotatable bonds is 5. The lowest BCUT2D eigenvalue weighted by molar-refractivity contribution is -0.148. The Morgan fingerprint density at radius 1 is 0.897 bits per heavy atom. The van der Waals surface area contributed by atoms with Gasteiger partial charge in [0, 0.05) is 47.4 Å². The smallest absolute Gasteiger partial charge is 0.336 e. The number of carbonyl (C=O) groups excluding carboxylic acids is 2. The van der Waals surface area contributed by atoms with E-state index in [1.807, 2.05) is 48.5 Å². The molecule has 1 aliphatic carbocycles. The molecule has 4 aliphatic rings. The zero-order valence-electron chi connectivity index (χ0n) is 21.5. The summed E-state index contributed by atoms with van der Waals surface area (Å²) in [4.78, 5) is 38.0. The number of carboxylic acid groups (broad SMARTS) is 1. The molecule has 0 unspecified atom stereocenters. The summed E-state index contributed by atoms with van der Waals surface area (Å²) < 4.78 is 18.2. The third-order valence-corrected chi connectivity index (χ3v) is 7.68. The summed E-state index contributed by atoms with van der Waals surface area (Å²) in [5.41, 5.74) is 3.86. The number of fused-ring (bicyclic) bond motifs is 2. The quantitative estimate of drug-likeness (QED) is 0.240. The molecule has 0 amide bonds. The van der Waals surface area contributed by atoms with Gasteiger partial charge in [-0.15, -0.1) is 0 Å². The van der Waals surface area contributed by atoms with E-state index in [1.54, 1.807) is 12.1 Å². The second-order valence-electron chi connectivity index (χ2n) is 9.94. The molecular weight excluding hydrogens is 500 g/mol. The van der Waals surface area contributed by atoms with Gasteiger partial charge in [0.25, 0.3) is 0 Å². The molecule has 9 nitrogen and oxygen atoms in total. The average molecular weight is 528 g/mol. The van der Waals surface area contributed by atoms with Crippen molar-refractivity contribution in [3.63, 3.8) is 0 Å². The standard InChI is InChI=1S/C30H26N2O7/c1-37-29(35)17-13-31(14-17)19-7-9-23-25(11-19)39-26-12-20(32-15-18(16-32)30(36)38-2)8-10-24(26)27(23)21-5-3-4-6-22(21)28(33)34/h3-12,17-18H,13-16H2,1-2H3/p+1. The van der Waals surface area contributed by atoms with Crippen LogP contribution in [-0.2, 0) is 19.1 Å². The zero-order valence-corrected chi connectivity index (χ0v) is 21.5. The lowest BCUT2D eigenvalue weighted by Crippen LogP contribution is -2.52. The maximum atomic E-state index is 12.2. The minimum atomic E-state index is -1.01. The van der Waals surface area contributed by atoms with Crippen LogP contribution in [0.1, 0.15) is 10.4 Å². The molecule has 3 aliphatic heterocycles. The Kier molecular flexibility index (Phi) is 6.06.